The van der Waals surface area contributed by atoms with Crippen molar-refractivity contribution in [1.82, 2.24) is 5.32 Å². The second-order valence-corrected chi connectivity index (χ2v) is 5.46. The van der Waals surface area contributed by atoms with Crippen LogP contribution < -0.4 is 5.32 Å². The van der Waals surface area contributed by atoms with Crippen LogP contribution in [-0.2, 0) is 9.53 Å². The molecule has 0 heterocycles. The van der Waals surface area contributed by atoms with Gasteiger partial charge in [0.05, 0.1) is 7.11 Å². The molecular weight excluding hydrogens is 272 g/mol. The van der Waals surface area contributed by atoms with Crippen molar-refractivity contribution in [2.75, 3.05) is 12.9 Å². The fraction of sp³-hybridized carbons (Fsp3) is 0.462. The molecule has 1 saturated carbocycles. The second-order valence-electron chi connectivity index (χ2n) is 4.40. The van der Waals surface area contributed by atoms with Gasteiger partial charge >= 0.3 is 5.97 Å². The Morgan fingerprint density at radius 1 is 1.53 bits per heavy atom. The van der Waals surface area contributed by atoms with E-state index in [1.54, 1.807) is 0 Å². The topological polar surface area (TPSA) is 38.3 Å². The molecule has 1 aromatic rings. The zero-order valence-electron chi connectivity index (χ0n) is 10.5. The maximum Gasteiger partial charge on any atom is 0.323 e. The Balaban J connectivity index is 1.95. The van der Waals surface area contributed by atoms with Gasteiger partial charge in [-0.3, -0.25) is 4.79 Å². The van der Waals surface area contributed by atoms with E-state index < -0.39 is 17.7 Å². The van der Waals surface area contributed by atoms with E-state index in [4.69, 9.17) is 4.74 Å². The van der Waals surface area contributed by atoms with Crippen LogP contribution in [0.3, 0.4) is 0 Å². The fourth-order valence-corrected chi connectivity index (χ4v) is 2.57. The molecule has 1 aliphatic carbocycles. The summed E-state index contributed by atoms with van der Waals surface area (Å²) in [6.45, 7) is 0. The van der Waals surface area contributed by atoms with Gasteiger partial charge in [0.1, 0.15) is 17.7 Å². The molecule has 6 heteroatoms. The standard InChI is InChI=1S/C13H15F2NO2S/c1-18-13(17)11(16-9-3-4-9)7-19-12-5-2-8(14)6-10(12)15/h2,5-6,9,11,16H,3-4,7H2,1H3. The minimum atomic E-state index is -0.611. The van der Waals surface area contributed by atoms with Crippen molar-refractivity contribution in [3.63, 3.8) is 0 Å². The van der Waals surface area contributed by atoms with Gasteiger partial charge in [0, 0.05) is 22.8 Å². The molecule has 1 fully saturated rings. The monoisotopic (exact) mass is 287 g/mol. The highest BCUT2D eigenvalue weighted by Gasteiger charge is 2.29. The summed E-state index contributed by atoms with van der Waals surface area (Å²) in [5.74, 6) is -1.23. The molecule has 1 N–H and O–H groups in total. The normalized spacial score (nSPS) is 16.2. The maximum atomic E-state index is 13.5. The van der Waals surface area contributed by atoms with E-state index in [1.165, 1.54) is 31.0 Å². The number of esters is 1. The lowest BCUT2D eigenvalue weighted by atomic mass is 10.3. The third-order valence-corrected chi connectivity index (χ3v) is 3.94. The zero-order chi connectivity index (χ0) is 13.8. The Labute approximate surface area is 114 Å². The van der Waals surface area contributed by atoms with Gasteiger partial charge in [-0.1, -0.05) is 0 Å². The molecule has 1 aromatic carbocycles. The Bertz CT molecular complexity index is 466. The van der Waals surface area contributed by atoms with Crippen molar-refractivity contribution in [1.29, 1.82) is 0 Å². The van der Waals surface area contributed by atoms with E-state index in [9.17, 15) is 13.6 Å². The second kappa shape index (κ2) is 6.34. The summed E-state index contributed by atoms with van der Waals surface area (Å²) in [6, 6.07) is 3.30. The molecule has 3 nitrogen and oxygen atoms in total. The lowest BCUT2D eigenvalue weighted by Crippen LogP contribution is -2.41. The van der Waals surface area contributed by atoms with Crippen LogP contribution in [0.15, 0.2) is 23.1 Å². The lowest BCUT2D eigenvalue weighted by molar-refractivity contribution is -0.142. The third kappa shape index (κ3) is 4.18. The number of carbonyl (C=O) groups excluding carboxylic acids is 1. The van der Waals surface area contributed by atoms with Crippen LogP contribution in [0, 0.1) is 11.6 Å². The first-order valence-electron chi connectivity index (χ1n) is 6.02. The average Bonchev–Trinajstić information content (AvgIpc) is 3.19. The molecule has 0 aliphatic heterocycles. The zero-order valence-corrected chi connectivity index (χ0v) is 11.3. The largest absolute Gasteiger partial charge is 0.468 e. The summed E-state index contributed by atoms with van der Waals surface area (Å²) in [4.78, 5) is 11.9. The Morgan fingerprint density at radius 3 is 2.84 bits per heavy atom. The van der Waals surface area contributed by atoms with E-state index in [-0.39, 0.29) is 5.97 Å². The van der Waals surface area contributed by atoms with Crippen LogP contribution in [0.5, 0.6) is 0 Å². The molecule has 1 aliphatic rings. The molecule has 19 heavy (non-hydrogen) atoms. The van der Waals surface area contributed by atoms with Crippen molar-refractivity contribution in [2.24, 2.45) is 0 Å². The third-order valence-electron chi connectivity index (χ3n) is 2.80. The highest BCUT2D eigenvalue weighted by molar-refractivity contribution is 7.99. The predicted octanol–water partition coefficient (Wildman–Crippen LogP) is 2.35. The van der Waals surface area contributed by atoms with E-state index in [0.717, 1.165) is 18.9 Å². The summed E-state index contributed by atoms with van der Waals surface area (Å²) in [7, 11) is 1.33. The fourth-order valence-electron chi connectivity index (χ4n) is 1.63. The van der Waals surface area contributed by atoms with E-state index >= 15 is 0 Å². The Morgan fingerprint density at radius 2 is 2.26 bits per heavy atom. The highest BCUT2D eigenvalue weighted by Crippen LogP contribution is 2.25. The summed E-state index contributed by atoms with van der Waals surface area (Å²) in [5, 5.41) is 3.15. The number of nitrogens with one attached hydrogen (secondary N) is 1. The minimum Gasteiger partial charge on any atom is -0.468 e. The quantitative estimate of drug-likeness (QED) is 0.644. The first-order chi connectivity index (χ1) is 9.10. The lowest BCUT2D eigenvalue weighted by Gasteiger charge is -2.15. The molecular formula is C13H15F2NO2S. The van der Waals surface area contributed by atoms with Gasteiger partial charge < -0.3 is 10.1 Å². The van der Waals surface area contributed by atoms with Gasteiger partial charge in [-0.15, -0.1) is 11.8 Å². The van der Waals surface area contributed by atoms with Crippen molar-refractivity contribution in [3.05, 3.63) is 29.8 Å². The van der Waals surface area contributed by atoms with E-state index in [1.807, 2.05) is 0 Å². The number of rotatable bonds is 6. The highest BCUT2D eigenvalue weighted by atomic mass is 32.2. The first kappa shape index (κ1) is 14.3. The number of thioether (sulfide) groups is 1. The molecule has 1 unspecified atom stereocenters. The molecule has 104 valence electrons. The van der Waals surface area contributed by atoms with Gasteiger partial charge in [0.15, 0.2) is 0 Å². The van der Waals surface area contributed by atoms with Crippen molar-refractivity contribution >= 4 is 17.7 Å². The first-order valence-corrected chi connectivity index (χ1v) is 7.00. The molecule has 0 spiro atoms. The number of ether oxygens (including phenoxy) is 1. The van der Waals surface area contributed by atoms with Crippen LogP contribution >= 0.6 is 11.8 Å². The van der Waals surface area contributed by atoms with Crippen LogP contribution in [-0.4, -0.2) is 30.9 Å². The van der Waals surface area contributed by atoms with Crippen LogP contribution in [0.4, 0.5) is 8.78 Å². The van der Waals surface area contributed by atoms with Gasteiger partial charge in [-0.05, 0) is 25.0 Å². The van der Waals surface area contributed by atoms with Crippen LogP contribution in [0.1, 0.15) is 12.8 Å². The van der Waals surface area contributed by atoms with Gasteiger partial charge in [0.2, 0.25) is 0 Å². The summed E-state index contributed by atoms with van der Waals surface area (Å²) in [6.07, 6.45) is 2.09. The van der Waals surface area contributed by atoms with Crippen molar-refractivity contribution in [3.8, 4) is 0 Å². The predicted molar refractivity (Wildman–Crippen MR) is 69.0 cm³/mol. The maximum absolute atomic E-state index is 13.5. The Kier molecular flexibility index (Phi) is 4.76. The number of carbonyl (C=O) groups is 1. The summed E-state index contributed by atoms with van der Waals surface area (Å²) >= 11 is 1.17. The van der Waals surface area contributed by atoms with Crippen LogP contribution in [0.25, 0.3) is 0 Å². The van der Waals surface area contributed by atoms with Gasteiger partial charge in [0.25, 0.3) is 0 Å². The van der Waals surface area contributed by atoms with Crippen molar-refractivity contribution in [2.45, 2.75) is 29.8 Å². The SMILES string of the molecule is COC(=O)C(CSc1ccc(F)cc1F)NC1CC1. The molecule has 0 amide bonds. The van der Waals surface area contributed by atoms with Gasteiger partial charge in [-0.2, -0.15) is 0 Å². The molecule has 1 atom stereocenters. The van der Waals surface area contributed by atoms with E-state index in [0.29, 0.717) is 16.7 Å². The van der Waals surface area contributed by atoms with Crippen molar-refractivity contribution < 1.29 is 18.3 Å². The number of halogens is 2. The molecule has 0 radical (unpaired) electrons. The molecule has 2 rings (SSSR count). The Hall–Kier alpha value is -1.14. The molecule has 0 aromatic heterocycles. The molecule has 0 saturated heterocycles. The summed E-state index contributed by atoms with van der Waals surface area (Å²) in [5.41, 5.74) is 0. The number of hydrogen-bond acceptors (Lipinski definition) is 4. The van der Waals surface area contributed by atoms with Crippen LogP contribution in [0.2, 0.25) is 0 Å². The number of benzene rings is 1. The smallest absolute Gasteiger partial charge is 0.323 e. The van der Waals surface area contributed by atoms with E-state index in [2.05, 4.69) is 5.32 Å². The minimum absolute atomic E-state index is 0.327. The number of methoxy groups -OCH3 is 1. The summed E-state index contributed by atoms with van der Waals surface area (Å²) < 4.78 is 30.9. The number of hydrogen-bond donors (Lipinski definition) is 1. The average molecular weight is 287 g/mol. The van der Waals surface area contributed by atoms with Gasteiger partial charge in [-0.25, -0.2) is 8.78 Å². The molecule has 0 bridgehead atoms.